The summed E-state index contributed by atoms with van der Waals surface area (Å²) in [6.07, 6.45) is -5.22. The maximum atomic E-state index is 12.5. The summed E-state index contributed by atoms with van der Waals surface area (Å²) < 4.78 is 46.5. The minimum atomic E-state index is -5.22. The second-order valence-corrected chi connectivity index (χ2v) is 3.96. The van der Waals surface area contributed by atoms with Gasteiger partial charge in [-0.05, 0) is 23.8 Å². The number of ether oxygens (including phenoxy) is 2. The van der Waals surface area contributed by atoms with E-state index in [2.05, 4.69) is 4.74 Å². The Hall–Kier alpha value is -2.38. The zero-order valence-corrected chi connectivity index (χ0v) is 9.98. The summed E-state index contributed by atoms with van der Waals surface area (Å²) in [5.74, 6) is -7.02. The molecule has 106 valence electrons. The van der Waals surface area contributed by atoms with Gasteiger partial charge >= 0.3 is 18.1 Å². The van der Waals surface area contributed by atoms with E-state index in [-0.39, 0.29) is 16.9 Å². The number of cyclic esters (lactones) is 2. The number of hydrogen-bond acceptors (Lipinski definition) is 5. The van der Waals surface area contributed by atoms with Gasteiger partial charge in [0.05, 0.1) is 12.7 Å². The number of fused-ring (bicyclic) bond motifs is 1. The molecule has 0 radical (unpaired) electrons. The van der Waals surface area contributed by atoms with Crippen LogP contribution in [0.25, 0.3) is 0 Å². The molecule has 1 aromatic carbocycles. The summed E-state index contributed by atoms with van der Waals surface area (Å²) in [5, 5.41) is 0. The molecule has 5 nitrogen and oxygen atoms in total. The standard InChI is InChI=1S/C12H7F3O5/c1-19-5-2-3-6-7(4-5)8(9(16)12(13,14)15)11(18)20-10(6)17/h2-4,8H,1H3. The predicted octanol–water partition coefficient (Wildman–Crippen LogP) is 1.61. The molecular formula is C12H7F3O5. The van der Waals surface area contributed by atoms with E-state index in [9.17, 15) is 27.6 Å². The zero-order chi connectivity index (χ0) is 15.1. The number of Topliss-reactive ketones (excluding diaryl/α,β-unsaturated/α-hetero) is 1. The molecule has 8 heteroatoms. The average molecular weight is 288 g/mol. The van der Waals surface area contributed by atoms with Crippen LogP contribution in [0.4, 0.5) is 13.2 Å². The van der Waals surface area contributed by atoms with Crippen LogP contribution in [-0.2, 0) is 14.3 Å². The van der Waals surface area contributed by atoms with Crippen molar-refractivity contribution in [3.8, 4) is 5.75 Å². The van der Waals surface area contributed by atoms with E-state index in [1.165, 1.54) is 13.2 Å². The third-order valence-electron chi connectivity index (χ3n) is 2.76. The molecule has 0 saturated carbocycles. The van der Waals surface area contributed by atoms with Crippen molar-refractivity contribution in [2.24, 2.45) is 0 Å². The maximum Gasteiger partial charge on any atom is 0.451 e. The zero-order valence-electron chi connectivity index (χ0n) is 9.98. The molecule has 1 aliphatic rings. The van der Waals surface area contributed by atoms with E-state index >= 15 is 0 Å². The van der Waals surface area contributed by atoms with Crippen molar-refractivity contribution < 1.29 is 37.0 Å². The van der Waals surface area contributed by atoms with Crippen molar-refractivity contribution in [2.45, 2.75) is 12.1 Å². The lowest BCUT2D eigenvalue weighted by Gasteiger charge is -2.23. The third kappa shape index (κ3) is 2.24. The first kappa shape index (κ1) is 14.0. The highest BCUT2D eigenvalue weighted by Crippen LogP contribution is 2.35. The van der Waals surface area contributed by atoms with Crippen LogP contribution in [0, 0.1) is 0 Å². The van der Waals surface area contributed by atoms with Crippen LogP contribution < -0.4 is 4.74 Å². The molecule has 1 atom stereocenters. The maximum absolute atomic E-state index is 12.5. The molecule has 2 rings (SSSR count). The molecule has 1 unspecified atom stereocenters. The average Bonchev–Trinajstić information content (AvgIpc) is 2.36. The number of alkyl halides is 3. The van der Waals surface area contributed by atoms with Crippen LogP contribution in [0.5, 0.6) is 5.75 Å². The first-order valence-corrected chi connectivity index (χ1v) is 5.30. The van der Waals surface area contributed by atoms with E-state index in [1.54, 1.807) is 0 Å². The van der Waals surface area contributed by atoms with Gasteiger partial charge in [-0.1, -0.05) is 0 Å². The monoisotopic (exact) mass is 288 g/mol. The number of hydrogen-bond donors (Lipinski definition) is 0. The topological polar surface area (TPSA) is 69.7 Å². The van der Waals surface area contributed by atoms with Crippen molar-refractivity contribution in [3.63, 3.8) is 0 Å². The largest absolute Gasteiger partial charge is 0.497 e. The lowest BCUT2D eigenvalue weighted by Crippen LogP contribution is -2.39. The van der Waals surface area contributed by atoms with Gasteiger partial charge < -0.3 is 9.47 Å². The quantitative estimate of drug-likeness (QED) is 0.611. The summed E-state index contributed by atoms with van der Waals surface area (Å²) in [7, 11) is 1.26. The lowest BCUT2D eigenvalue weighted by molar-refractivity contribution is -0.176. The molecule has 0 fully saturated rings. The molecule has 20 heavy (non-hydrogen) atoms. The van der Waals surface area contributed by atoms with E-state index < -0.39 is 29.8 Å². The van der Waals surface area contributed by atoms with Gasteiger partial charge in [0.15, 0.2) is 5.92 Å². The number of carbonyl (C=O) groups is 3. The van der Waals surface area contributed by atoms with Crippen molar-refractivity contribution in [1.29, 1.82) is 0 Å². The number of esters is 2. The second kappa shape index (κ2) is 4.62. The summed E-state index contributed by atoms with van der Waals surface area (Å²) in [6.45, 7) is 0. The van der Waals surface area contributed by atoms with Gasteiger partial charge in [0.25, 0.3) is 5.78 Å². The number of methoxy groups -OCH3 is 1. The Morgan fingerprint density at radius 2 is 1.95 bits per heavy atom. The lowest BCUT2D eigenvalue weighted by atomic mass is 9.88. The Kier molecular flexibility index (Phi) is 3.24. The summed E-state index contributed by atoms with van der Waals surface area (Å²) in [6, 6.07) is 3.49. The highest BCUT2D eigenvalue weighted by molar-refractivity contribution is 6.15. The van der Waals surface area contributed by atoms with Gasteiger partial charge in [-0.25, -0.2) is 4.79 Å². The van der Waals surface area contributed by atoms with Crippen LogP contribution in [0.3, 0.4) is 0 Å². The van der Waals surface area contributed by atoms with E-state index in [0.717, 1.165) is 12.1 Å². The number of halogens is 3. The van der Waals surface area contributed by atoms with Crippen LogP contribution in [0.2, 0.25) is 0 Å². The van der Waals surface area contributed by atoms with Crippen LogP contribution in [0.1, 0.15) is 21.8 Å². The van der Waals surface area contributed by atoms with Crippen molar-refractivity contribution in [1.82, 2.24) is 0 Å². The van der Waals surface area contributed by atoms with Crippen LogP contribution in [-0.4, -0.2) is 31.0 Å². The minimum absolute atomic E-state index is 0.117. The first-order valence-electron chi connectivity index (χ1n) is 5.30. The van der Waals surface area contributed by atoms with Gasteiger partial charge in [-0.2, -0.15) is 13.2 Å². The molecule has 0 aliphatic carbocycles. The fraction of sp³-hybridized carbons (Fsp3) is 0.250. The molecule has 1 heterocycles. The van der Waals surface area contributed by atoms with Crippen molar-refractivity contribution in [3.05, 3.63) is 29.3 Å². The Labute approximate surface area is 110 Å². The van der Waals surface area contributed by atoms with E-state index in [0.29, 0.717) is 0 Å². The van der Waals surface area contributed by atoms with Gasteiger partial charge in [0.1, 0.15) is 5.75 Å². The molecule has 0 amide bonds. The number of benzene rings is 1. The van der Waals surface area contributed by atoms with Gasteiger partial charge in [-0.15, -0.1) is 0 Å². The SMILES string of the molecule is COc1ccc2c(c1)C(C(=O)C(F)(F)F)C(=O)OC2=O. The van der Waals surface area contributed by atoms with Crippen molar-refractivity contribution >= 4 is 17.7 Å². The van der Waals surface area contributed by atoms with Gasteiger partial charge in [-0.3, -0.25) is 9.59 Å². The molecular weight excluding hydrogens is 281 g/mol. The summed E-state index contributed by atoms with van der Waals surface area (Å²) in [4.78, 5) is 34.2. The molecule has 1 aliphatic heterocycles. The van der Waals surface area contributed by atoms with Gasteiger partial charge in [0, 0.05) is 0 Å². The van der Waals surface area contributed by atoms with Crippen LogP contribution >= 0.6 is 0 Å². The summed E-state index contributed by atoms with van der Waals surface area (Å²) in [5.41, 5.74) is -0.638. The molecule has 0 bridgehead atoms. The Balaban J connectivity index is 2.60. The third-order valence-corrected chi connectivity index (χ3v) is 2.76. The highest BCUT2D eigenvalue weighted by atomic mass is 19.4. The minimum Gasteiger partial charge on any atom is -0.497 e. The normalized spacial score (nSPS) is 18.3. The molecule has 0 spiro atoms. The number of carbonyl (C=O) groups excluding carboxylic acids is 3. The van der Waals surface area contributed by atoms with E-state index in [1.807, 2.05) is 0 Å². The molecule has 1 aromatic rings. The smallest absolute Gasteiger partial charge is 0.451 e. The second-order valence-electron chi connectivity index (χ2n) is 3.96. The van der Waals surface area contributed by atoms with Crippen LogP contribution in [0.15, 0.2) is 18.2 Å². The molecule has 0 saturated heterocycles. The molecule has 0 aromatic heterocycles. The predicted molar refractivity (Wildman–Crippen MR) is 57.2 cm³/mol. The summed E-state index contributed by atoms with van der Waals surface area (Å²) >= 11 is 0. The Bertz CT molecular complexity index is 606. The highest BCUT2D eigenvalue weighted by Gasteiger charge is 2.51. The number of rotatable bonds is 2. The first-order chi connectivity index (χ1) is 9.25. The molecule has 0 N–H and O–H groups in total. The van der Waals surface area contributed by atoms with Gasteiger partial charge in [0.2, 0.25) is 0 Å². The number of ketones is 1. The Morgan fingerprint density at radius 1 is 1.30 bits per heavy atom. The Morgan fingerprint density at radius 3 is 2.50 bits per heavy atom. The fourth-order valence-electron chi connectivity index (χ4n) is 1.84. The van der Waals surface area contributed by atoms with Crippen molar-refractivity contribution in [2.75, 3.05) is 7.11 Å². The fourth-order valence-corrected chi connectivity index (χ4v) is 1.84. The van der Waals surface area contributed by atoms with E-state index in [4.69, 9.17) is 4.74 Å².